The number of nitrogens with one attached hydrogen (secondary N) is 2. The molecule has 0 fully saturated rings. The van der Waals surface area contributed by atoms with Gasteiger partial charge in [0.05, 0.1) is 86.8 Å². The number of carbonyl (C=O) groups excluding carboxylic acids is 4. The van der Waals surface area contributed by atoms with E-state index in [1.807, 2.05) is 115 Å². The number of carbonyl (C=O) groups is 4. The van der Waals surface area contributed by atoms with Crippen LogP contribution in [0.4, 0.5) is 0 Å². The molecule has 0 unspecified atom stereocenters. The molecule has 16 nitrogen and oxygen atoms in total. The predicted molar refractivity (Wildman–Crippen MR) is 308 cm³/mol. The summed E-state index contributed by atoms with van der Waals surface area (Å²) >= 11 is 3.86. The third-order valence-corrected chi connectivity index (χ3v) is 13.2. The van der Waals surface area contributed by atoms with Gasteiger partial charge in [0.25, 0.3) is 0 Å². The largest absolute Gasteiger partial charge is 0.493 e. The molecule has 8 rings (SSSR count). The fraction of sp³-hybridized carbons (Fsp3) is 0.323. The van der Waals surface area contributed by atoms with Crippen LogP contribution in [0.1, 0.15) is 102 Å². The summed E-state index contributed by atoms with van der Waals surface area (Å²) in [6, 6.07) is 29.0. The van der Waals surface area contributed by atoms with E-state index >= 15 is 0 Å². The molecule has 6 aromatic rings. The standard InChI is InChI=1S/C62H65BrN4O12/c1-5-72-54(68)23-13-35-76-50-19-11-20-51(77-36-14-24-55(69)73-6-2)61(50)59-46-29-27-40(64-46)39-41-28-30-47(65-41)60(49-34-32-45(67-49)58(44-31-33-48(59)66-44)42-17-9-10-18-43(42)63)62-52(78-37-15-25-56(70)74-7-3)21-12-22-53(62)79-38-16-26-57(71)75-8-4/h9-12,17-22,27-34,39,64-65H,5-8,13-16,23-26,35-38H2,1-4H3. The van der Waals surface area contributed by atoms with Gasteiger partial charge in [-0.1, -0.05) is 46.3 Å². The van der Waals surface area contributed by atoms with Crippen molar-refractivity contribution in [2.75, 3.05) is 52.9 Å². The Kier molecular flexibility index (Phi) is 20.5. The molecule has 0 radical (unpaired) electrons. The maximum Gasteiger partial charge on any atom is 0.305 e. The average molecular weight is 1140 g/mol. The Morgan fingerprint density at radius 2 is 0.759 bits per heavy atom. The maximum absolute atomic E-state index is 12.4. The number of hydrogen-bond donors (Lipinski definition) is 2. The molecular formula is C62H65BrN4O12. The second-order valence-corrected chi connectivity index (χ2v) is 19.0. The molecule has 0 saturated carbocycles. The number of halogens is 1. The molecule has 0 saturated heterocycles. The van der Waals surface area contributed by atoms with Crippen LogP contribution >= 0.6 is 15.9 Å². The van der Waals surface area contributed by atoms with Gasteiger partial charge in [-0.2, -0.15) is 0 Å². The van der Waals surface area contributed by atoms with Crippen molar-refractivity contribution >= 4 is 86.2 Å². The van der Waals surface area contributed by atoms with Gasteiger partial charge in [0.15, 0.2) is 0 Å². The number of rotatable bonds is 27. The lowest BCUT2D eigenvalue weighted by Crippen LogP contribution is -2.08. The lowest BCUT2D eigenvalue weighted by molar-refractivity contribution is -0.144. The first kappa shape index (κ1) is 57.0. The Labute approximate surface area is 467 Å². The van der Waals surface area contributed by atoms with Crippen molar-refractivity contribution in [3.8, 4) is 56.4 Å². The lowest BCUT2D eigenvalue weighted by Gasteiger charge is -2.17. The molecule has 0 aliphatic carbocycles. The average Bonchev–Trinajstić information content (AvgIpc) is 4.45. The second-order valence-electron chi connectivity index (χ2n) is 18.1. The van der Waals surface area contributed by atoms with Gasteiger partial charge >= 0.3 is 23.9 Å². The summed E-state index contributed by atoms with van der Waals surface area (Å²) in [5.74, 6) is 0.795. The maximum atomic E-state index is 12.4. The highest BCUT2D eigenvalue weighted by Crippen LogP contribution is 2.46. The highest BCUT2D eigenvalue weighted by Gasteiger charge is 2.25. The highest BCUT2D eigenvalue weighted by molar-refractivity contribution is 9.10. The third-order valence-electron chi connectivity index (χ3n) is 12.5. The van der Waals surface area contributed by atoms with Crippen LogP contribution in [0.5, 0.6) is 23.0 Å². The third kappa shape index (κ3) is 14.9. The van der Waals surface area contributed by atoms with Gasteiger partial charge in [-0.25, -0.2) is 9.97 Å². The van der Waals surface area contributed by atoms with E-state index in [-0.39, 0.29) is 76.0 Å². The monoisotopic (exact) mass is 1140 g/mol. The molecule has 8 bridgehead atoms. The lowest BCUT2D eigenvalue weighted by atomic mass is 10.0. The van der Waals surface area contributed by atoms with Crippen molar-refractivity contribution < 1.29 is 57.1 Å². The normalized spacial score (nSPS) is 11.5. The van der Waals surface area contributed by atoms with Gasteiger partial charge in [0, 0.05) is 74.5 Å². The summed E-state index contributed by atoms with van der Waals surface area (Å²) in [5.41, 5.74) is 9.54. The highest BCUT2D eigenvalue weighted by atomic mass is 79.9. The SMILES string of the molecule is CCOC(=O)CCCOc1cccc(OCCCC(=O)OCC)c1-c1c2nc(c(-c3ccccc3Br)c3nc(c(-c4c(OCCCC(=O)OCC)cccc4OCCCC(=O)OCC)c4ccc(cc5ccc1[nH]5)[nH]4)C=C3)C=C2. The molecule has 79 heavy (non-hydrogen) atoms. The summed E-state index contributed by atoms with van der Waals surface area (Å²) < 4.78 is 47.8. The van der Waals surface area contributed by atoms with E-state index in [2.05, 4.69) is 25.9 Å². The number of esters is 4. The quantitative estimate of drug-likeness (QED) is 0.0280. The molecular weight excluding hydrogens is 1070 g/mol. The smallest absolute Gasteiger partial charge is 0.305 e. The summed E-state index contributed by atoms with van der Waals surface area (Å²) in [7, 11) is 0. The molecule has 3 aromatic heterocycles. The van der Waals surface area contributed by atoms with E-state index in [0.717, 1.165) is 26.6 Å². The molecule has 0 atom stereocenters. The van der Waals surface area contributed by atoms with E-state index in [0.29, 0.717) is 131 Å². The number of ether oxygens (including phenoxy) is 8. The number of hydrogen-bond acceptors (Lipinski definition) is 14. The van der Waals surface area contributed by atoms with E-state index in [9.17, 15) is 19.2 Å². The molecule has 2 N–H and O–H groups in total. The fourth-order valence-electron chi connectivity index (χ4n) is 9.13. The molecule has 2 aliphatic rings. The van der Waals surface area contributed by atoms with Gasteiger partial charge in [0.2, 0.25) is 0 Å². The molecule has 412 valence electrons. The molecule has 0 amide bonds. The van der Waals surface area contributed by atoms with Crippen LogP contribution in [0.15, 0.2) is 95.5 Å². The summed E-state index contributed by atoms with van der Waals surface area (Å²) in [6.07, 6.45) is 10.3. The first-order valence-electron chi connectivity index (χ1n) is 26.9. The summed E-state index contributed by atoms with van der Waals surface area (Å²) in [5, 5.41) is 0. The van der Waals surface area contributed by atoms with Gasteiger partial charge in [-0.05, 0) is 138 Å². The second kappa shape index (κ2) is 28.4. The van der Waals surface area contributed by atoms with Crippen LogP contribution < -0.4 is 18.9 Å². The van der Waals surface area contributed by atoms with Crippen LogP contribution in [-0.2, 0) is 38.1 Å². The number of aromatic amines is 2. The summed E-state index contributed by atoms with van der Waals surface area (Å²) in [6.45, 7) is 9.12. The molecule has 3 aromatic carbocycles. The Morgan fingerprint density at radius 1 is 0.418 bits per heavy atom. The minimum atomic E-state index is -0.302. The van der Waals surface area contributed by atoms with Gasteiger partial charge in [0.1, 0.15) is 23.0 Å². The zero-order valence-electron chi connectivity index (χ0n) is 45.0. The first-order valence-corrected chi connectivity index (χ1v) is 27.7. The fourth-order valence-corrected chi connectivity index (χ4v) is 9.61. The van der Waals surface area contributed by atoms with Crippen LogP contribution in [-0.4, -0.2) is 96.7 Å². The van der Waals surface area contributed by atoms with Gasteiger partial charge in [-0.15, -0.1) is 0 Å². The van der Waals surface area contributed by atoms with Crippen molar-refractivity contribution in [1.82, 2.24) is 19.9 Å². The Hall–Kier alpha value is -8.18. The van der Waals surface area contributed by atoms with Crippen molar-refractivity contribution in [1.29, 1.82) is 0 Å². The number of benzene rings is 3. The molecule has 0 spiro atoms. The van der Waals surface area contributed by atoms with Crippen molar-refractivity contribution in [2.45, 2.75) is 79.1 Å². The topological polar surface area (TPSA) is 199 Å². The molecule has 17 heteroatoms. The molecule has 5 heterocycles. The van der Waals surface area contributed by atoms with Gasteiger partial charge in [-0.3, -0.25) is 19.2 Å². The first-order chi connectivity index (χ1) is 38.6. The van der Waals surface area contributed by atoms with Crippen molar-refractivity contribution in [3.05, 3.63) is 118 Å². The Bertz CT molecular complexity index is 3100. The van der Waals surface area contributed by atoms with Crippen molar-refractivity contribution in [2.24, 2.45) is 0 Å². The summed E-state index contributed by atoms with van der Waals surface area (Å²) in [4.78, 5) is 67.7. The van der Waals surface area contributed by atoms with Gasteiger partial charge < -0.3 is 47.9 Å². The molecule has 2 aliphatic heterocycles. The Balaban J connectivity index is 1.36. The number of H-pyrrole nitrogens is 2. The van der Waals surface area contributed by atoms with Crippen LogP contribution in [0.3, 0.4) is 0 Å². The van der Waals surface area contributed by atoms with Crippen LogP contribution in [0.2, 0.25) is 0 Å². The zero-order valence-corrected chi connectivity index (χ0v) is 46.5. The minimum absolute atomic E-state index is 0.185. The van der Waals surface area contributed by atoms with Crippen molar-refractivity contribution in [3.63, 3.8) is 0 Å². The number of nitrogens with zero attached hydrogens (tertiary/aromatic N) is 2. The van der Waals surface area contributed by atoms with E-state index in [1.165, 1.54) is 0 Å². The Morgan fingerprint density at radius 3 is 1.10 bits per heavy atom. The number of aromatic nitrogens is 4. The predicted octanol–water partition coefficient (Wildman–Crippen LogP) is 13.3. The van der Waals surface area contributed by atoms with E-state index < -0.39 is 0 Å². The van der Waals surface area contributed by atoms with E-state index in [1.54, 1.807) is 27.7 Å². The zero-order chi connectivity index (χ0) is 55.5. The van der Waals surface area contributed by atoms with Crippen LogP contribution in [0, 0.1) is 0 Å². The van der Waals surface area contributed by atoms with Crippen LogP contribution in [0.25, 0.3) is 79.8 Å². The number of fused-ring (bicyclic) bond motifs is 8. The van der Waals surface area contributed by atoms with E-state index in [4.69, 9.17) is 47.9 Å². The minimum Gasteiger partial charge on any atom is -0.493 e.